The average molecular weight is 261 g/mol. The molecule has 0 aromatic carbocycles. The molecular weight excluding hydrogens is 257 g/mol. The Hall–Kier alpha value is -0.920. The molecule has 6 heteroatoms. The lowest BCUT2D eigenvalue weighted by atomic mass is 10.5. The van der Waals surface area contributed by atoms with Crippen LogP contribution in [0.4, 0.5) is 5.82 Å². The van der Waals surface area contributed by atoms with Gasteiger partial charge in [-0.3, -0.25) is 0 Å². The highest BCUT2D eigenvalue weighted by Crippen LogP contribution is 2.14. The largest absolute Gasteiger partial charge is 0.329 e. The van der Waals surface area contributed by atoms with Crippen molar-refractivity contribution >= 4 is 39.8 Å². The number of imidazole rings is 1. The Morgan fingerprint density at radius 1 is 1.36 bits per heavy atom. The van der Waals surface area contributed by atoms with E-state index in [0.29, 0.717) is 0 Å². The van der Waals surface area contributed by atoms with Crippen LogP contribution in [0, 0.1) is 0 Å². The topological polar surface area (TPSA) is 66.5 Å². The van der Waals surface area contributed by atoms with Gasteiger partial charge in [-0.2, -0.15) is 0 Å². The second-order valence-corrected chi connectivity index (χ2v) is 2.46. The third kappa shape index (κ3) is 1.02. The summed E-state index contributed by atoms with van der Waals surface area (Å²) < 4.78 is 2.89. The van der Waals surface area contributed by atoms with Gasteiger partial charge in [-0.05, 0) is 0 Å². The summed E-state index contributed by atoms with van der Waals surface area (Å²) in [4.78, 5) is 14.9. The summed E-state index contributed by atoms with van der Waals surface area (Å²) in [5.41, 5.74) is 1.51. The van der Waals surface area contributed by atoms with Crippen LogP contribution in [0.3, 0.4) is 0 Å². The molecule has 0 atom stereocenters. The number of hydrogen-bond acceptors (Lipinski definition) is 4. The SMILES string of the molecule is INc1ncnc2[nH]cnc12. The van der Waals surface area contributed by atoms with Gasteiger partial charge in [0.05, 0.1) is 29.2 Å². The maximum atomic E-state index is 4.04. The molecule has 0 saturated heterocycles. The number of aromatic amines is 1. The van der Waals surface area contributed by atoms with Gasteiger partial charge in [-0.15, -0.1) is 0 Å². The first-order chi connectivity index (χ1) is 5.42. The van der Waals surface area contributed by atoms with Gasteiger partial charge in [0, 0.05) is 0 Å². The van der Waals surface area contributed by atoms with Crippen LogP contribution in [-0.4, -0.2) is 19.9 Å². The molecule has 0 aliphatic carbocycles. The minimum atomic E-state index is 0.733. The van der Waals surface area contributed by atoms with E-state index >= 15 is 0 Å². The number of hydrogen-bond donors (Lipinski definition) is 2. The van der Waals surface area contributed by atoms with Crippen molar-refractivity contribution in [3.05, 3.63) is 12.7 Å². The Kier molecular flexibility index (Phi) is 1.60. The number of rotatable bonds is 1. The molecule has 2 N–H and O–H groups in total. The first kappa shape index (κ1) is 6.77. The van der Waals surface area contributed by atoms with Gasteiger partial charge in [0.25, 0.3) is 0 Å². The standard InChI is InChI=1S/C5H4IN5/c6-11-5-3-4(8-1-7-3)9-2-10-5/h1-2H,(H2,7,8,9,10,11). The quantitative estimate of drug-likeness (QED) is 0.596. The summed E-state index contributed by atoms with van der Waals surface area (Å²) in [7, 11) is 0. The molecule has 0 fully saturated rings. The summed E-state index contributed by atoms with van der Waals surface area (Å²) in [5, 5.41) is 0. The molecule has 2 rings (SSSR count). The van der Waals surface area contributed by atoms with Gasteiger partial charge >= 0.3 is 0 Å². The minimum absolute atomic E-state index is 0.733. The predicted octanol–water partition coefficient (Wildman–Crippen LogP) is 1.11. The number of aromatic nitrogens is 4. The van der Waals surface area contributed by atoms with E-state index in [0.717, 1.165) is 17.0 Å². The number of fused-ring (bicyclic) bond motifs is 1. The molecule has 2 aromatic heterocycles. The molecule has 11 heavy (non-hydrogen) atoms. The fourth-order valence-electron chi connectivity index (χ4n) is 0.834. The number of H-pyrrole nitrogens is 1. The molecule has 0 unspecified atom stereocenters. The fourth-order valence-corrected chi connectivity index (χ4v) is 1.23. The molecule has 2 heterocycles. The highest BCUT2D eigenvalue weighted by Gasteiger charge is 2.02. The van der Waals surface area contributed by atoms with E-state index in [4.69, 9.17) is 0 Å². The van der Waals surface area contributed by atoms with Crippen LogP contribution in [0.2, 0.25) is 0 Å². The van der Waals surface area contributed by atoms with Crippen LogP contribution in [0.25, 0.3) is 11.2 Å². The van der Waals surface area contributed by atoms with E-state index in [-0.39, 0.29) is 0 Å². The average Bonchev–Trinajstić information content (AvgIpc) is 2.50. The summed E-state index contributed by atoms with van der Waals surface area (Å²) in [5.74, 6) is 0.733. The zero-order valence-corrected chi connectivity index (χ0v) is 7.53. The van der Waals surface area contributed by atoms with Gasteiger partial charge < -0.3 is 8.51 Å². The van der Waals surface area contributed by atoms with Crippen molar-refractivity contribution in [1.82, 2.24) is 19.9 Å². The predicted molar refractivity (Wildman–Crippen MR) is 49.3 cm³/mol. The zero-order valence-electron chi connectivity index (χ0n) is 5.37. The van der Waals surface area contributed by atoms with E-state index in [9.17, 15) is 0 Å². The lowest BCUT2D eigenvalue weighted by molar-refractivity contribution is 1.21. The van der Waals surface area contributed by atoms with Gasteiger partial charge in [0.1, 0.15) is 6.33 Å². The third-order valence-electron chi connectivity index (χ3n) is 1.31. The molecule has 0 spiro atoms. The van der Waals surface area contributed by atoms with Crippen molar-refractivity contribution in [2.75, 3.05) is 3.53 Å². The minimum Gasteiger partial charge on any atom is -0.329 e. The van der Waals surface area contributed by atoms with E-state index in [2.05, 4.69) is 23.5 Å². The van der Waals surface area contributed by atoms with E-state index in [1.54, 1.807) is 6.33 Å². The van der Waals surface area contributed by atoms with E-state index in [1.165, 1.54) is 6.33 Å². The smallest absolute Gasteiger partial charge is 0.166 e. The third-order valence-corrected chi connectivity index (χ3v) is 1.82. The monoisotopic (exact) mass is 261 g/mol. The van der Waals surface area contributed by atoms with Crippen molar-refractivity contribution in [2.45, 2.75) is 0 Å². The second-order valence-electron chi connectivity index (χ2n) is 1.92. The van der Waals surface area contributed by atoms with Crippen molar-refractivity contribution in [3.63, 3.8) is 0 Å². The second kappa shape index (κ2) is 2.61. The number of halogens is 1. The molecule has 5 nitrogen and oxygen atoms in total. The number of nitrogens with one attached hydrogen (secondary N) is 2. The van der Waals surface area contributed by atoms with Gasteiger partial charge in [0.2, 0.25) is 0 Å². The highest BCUT2D eigenvalue weighted by atomic mass is 127. The fraction of sp³-hybridized carbons (Fsp3) is 0. The Morgan fingerprint density at radius 3 is 3.09 bits per heavy atom. The van der Waals surface area contributed by atoms with E-state index in [1.807, 2.05) is 22.9 Å². The zero-order chi connectivity index (χ0) is 7.68. The normalized spacial score (nSPS) is 10.3. The molecule has 0 aliphatic heterocycles. The first-order valence-corrected chi connectivity index (χ1v) is 4.00. The maximum Gasteiger partial charge on any atom is 0.166 e. The van der Waals surface area contributed by atoms with Crippen LogP contribution in [0.5, 0.6) is 0 Å². The lowest BCUT2D eigenvalue weighted by Crippen LogP contribution is -1.88. The summed E-state index contributed by atoms with van der Waals surface area (Å²) >= 11 is 2.00. The van der Waals surface area contributed by atoms with Crippen molar-refractivity contribution in [2.24, 2.45) is 0 Å². The number of nitrogens with zero attached hydrogens (tertiary/aromatic N) is 3. The Labute approximate surface area is 76.1 Å². The summed E-state index contributed by atoms with van der Waals surface area (Å²) in [6, 6.07) is 0. The molecule has 0 amide bonds. The number of anilines is 1. The summed E-state index contributed by atoms with van der Waals surface area (Å²) in [6.45, 7) is 0. The molecule has 0 aliphatic rings. The lowest BCUT2D eigenvalue weighted by Gasteiger charge is -1.94. The van der Waals surface area contributed by atoms with Crippen molar-refractivity contribution in [1.29, 1.82) is 0 Å². The Balaban J connectivity index is 2.79. The van der Waals surface area contributed by atoms with Crippen LogP contribution < -0.4 is 3.53 Å². The highest BCUT2D eigenvalue weighted by molar-refractivity contribution is 14.1. The molecular formula is C5H4IN5. The van der Waals surface area contributed by atoms with E-state index < -0.39 is 0 Å². The van der Waals surface area contributed by atoms with Crippen molar-refractivity contribution in [3.8, 4) is 0 Å². The molecule has 0 bridgehead atoms. The Morgan fingerprint density at radius 2 is 2.27 bits per heavy atom. The van der Waals surface area contributed by atoms with Gasteiger partial charge in [-0.25, -0.2) is 15.0 Å². The van der Waals surface area contributed by atoms with Crippen molar-refractivity contribution < 1.29 is 0 Å². The maximum absolute atomic E-state index is 4.04. The van der Waals surface area contributed by atoms with Crippen LogP contribution in [0.1, 0.15) is 0 Å². The molecule has 56 valence electrons. The van der Waals surface area contributed by atoms with Crippen LogP contribution >= 0.6 is 22.9 Å². The van der Waals surface area contributed by atoms with Crippen LogP contribution in [0.15, 0.2) is 12.7 Å². The van der Waals surface area contributed by atoms with Crippen LogP contribution in [-0.2, 0) is 0 Å². The summed E-state index contributed by atoms with van der Waals surface area (Å²) in [6.07, 6.45) is 3.08. The molecule has 2 aromatic rings. The first-order valence-electron chi connectivity index (χ1n) is 2.92. The van der Waals surface area contributed by atoms with Gasteiger partial charge in [-0.1, -0.05) is 0 Å². The van der Waals surface area contributed by atoms with Gasteiger partial charge in [0.15, 0.2) is 17.0 Å². The Bertz CT molecular complexity index is 370. The molecule has 0 radical (unpaired) electrons. The molecule has 0 saturated carbocycles.